The van der Waals surface area contributed by atoms with Crippen LogP contribution in [-0.4, -0.2) is 51.5 Å². The van der Waals surface area contributed by atoms with Crippen molar-refractivity contribution in [3.8, 4) is 11.5 Å². The van der Waals surface area contributed by atoms with Gasteiger partial charge in [-0.3, -0.25) is 4.99 Å². The van der Waals surface area contributed by atoms with Gasteiger partial charge in [0.05, 0.1) is 31.9 Å². The van der Waals surface area contributed by atoms with E-state index in [2.05, 4.69) is 15.6 Å². The Morgan fingerprint density at radius 3 is 2.65 bits per heavy atom. The molecule has 2 aliphatic heterocycles. The molecule has 0 aliphatic carbocycles. The first-order valence-corrected chi connectivity index (χ1v) is 8.18. The molecule has 0 spiro atoms. The van der Waals surface area contributed by atoms with Gasteiger partial charge in [0, 0.05) is 7.05 Å². The van der Waals surface area contributed by atoms with E-state index >= 15 is 0 Å². The molecule has 126 valence electrons. The van der Waals surface area contributed by atoms with E-state index in [-0.39, 0.29) is 0 Å². The molecule has 3 unspecified atom stereocenters. The van der Waals surface area contributed by atoms with Crippen LogP contribution < -0.4 is 20.1 Å². The summed E-state index contributed by atoms with van der Waals surface area (Å²) in [5.74, 6) is 2.47. The maximum atomic E-state index is 5.85. The zero-order valence-electron chi connectivity index (χ0n) is 13.7. The van der Waals surface area contributed by atoms with Gasteiger partial charge in [0.1, 0.15) is 18.1 Å². The number of benzene rings is 1. The smallest absolute Gasteiger partial charge is 0.191 e. The van der Waals surface area contributed by atoms with Crippen molar-refractivity contribution >= 4 is 5.96 Å². The number of ether oxygens (including phenoxy) is 3. The Hall–Kier alpha value is -1.95. The lowest BCUT2D eigenvalue weighted by Crippen LogP contribution is -2.48. The first kappa shape index (κ1) is 15.9. The summed E-state index contributed by atoms with van der Waals surface area (Å²) in [6, 6.07) is 7.95. The molecule has 2 fully saturated rings. The van der Waals surface area contributed by atoms with Crippen molar-refractivity contribution in [2.75, 3.05) is 27.3 Å². The summed E-state index contributed by atoms with van der Waals surface area (Å²) >= 11 is 0. The summed E-state index contributed by atoms with van der Waals surface area (Å²) in [5, 5.41) is 6.73. The second-order valence-electron chi connectivity index (χ2n) is 5.88. The molecule has 3 atom stereocenters. The van der Waals surface area contributed by atoms with Crippen LogP contribution in [0.25, 0.3) is 0 Å². The highest BCUT2D eigenvalue weighted by Gasteiger charge is 2.41. The number of nitrogens with one attached hydrogen (secondary N) is 2. The van der Waals surface area contributed by atoms with Crippen molar-refractivity contribution in [3.63, 3.8) is 0 Å². The summed E-state index contributed by atoms with van der Waals surface area (Å²) in [6.45, 7) is 1.26. The second-order valence-corrected chi connectivity index (χ2v) is 5.88. The molecule has 0 saturated carbocycles. The van der Waals surface area contributed by atoms with Crippen LogP contribution in [0, 0.1) is 0 Å². The molecule has 0 radical (unpaired) electrons. The van der Waals surface area contributed by atoms with Gasteiger partial charge in [-0.2, -0.15) is 0 Å². The van der Waals surface area contributed by atoms with E-state index in [1.165, 1.54) is 6.42 Å². The zero-order chi connectivity index (χ0) is 16.1. The number of hydrogen-bond donors (Lipinski definition) is 2. The monoisotopic (exact) mass is 319 g/mol. The minimum atomic E-state index is 0.342. The van der Waals surface area contributed by atoms with Crippen molar-refractivity contribution < 1.29 is 14.2 Å². The summed E-state index contributed by atoms with van der Waals surface area (Å²) in [7, 11) is 3.44. The fourth-order valence-corrected chi connectivity index (χ4v) is 3.17. The van der Waals surface area contributed by atoms with E-state index in [4.69, 9.17) is 14.2 Å². The molecule has 1 aromatic carbocycles. The molecule has 0 aromatic heterocycles. The Bertz CT molecular complexity index is 532. The molecule has 1 aromatic rings. The predicted molar refractivity (Wildman–Crippen MR) is 89.3 cm³/mol. The molecule has 2 saturated heterocycles. The lowest BCUT2D eigenvalue weighted by Gasteiger charge is -2.22. The van der Waals surface area contributed by atoms with Crippen LogP contribution in [0.4, 0.5) is 0 Å². The van der Waals surface area contributed by atoms with Gasteiger partial charge in [0.2, 0.25) is 0 Å². The Morgan fingerprint density at radius 1 is 1.26 bits per heavy atom. The molecule has 2 bridgehead atoms. The van der Waals surface area contributed by atoms with Crippen LogP contribution in [0.2, 0.25) is 0 Å². The third-order valence-electron chi connectivity index (χ3n) is 4.37. The average molecular weight is 319 g/mol. The molecular weight excluding hydrogens is 294 g/mol. The van der Waals surface area contributed by atoms with Gasteiger partial charge in [0.15, 0.2) is 5.96 Å². The quantitative estimate of drug-likeness (QED) is 0.473. The van der Waals surface area contributed by atoms with Crippen LogP contribution in [0.15, 0.2) is 29.3 Å². The van der Waals surface area contributed by atoms with Crippen LogP contribution in [0.1, 0.15) is 19.3 Å². The Morgan fingerprint density at radius 2 is 2.04 bits per heavy atom. The highest BCUT2D eigenvalue weighted by atomic mass is 16.5. The van der Waals surface area contributed by atoms with Gasteiger partial charge in [0.25, 0.3) is 0 Å². The second kappa shape index (κ2) is 7.55. The van der Waals surface area contributed by atoms with Crippen molar-refractivity contribution in [2.45, 2.75) is 37.5 Å². The molecule has 3 rings (SSSR count). The third kappa shape index (κ3) is 4.07. The molecule has 2 N–H and O–H groups in total. The highest BCUT2D eigenvalue weighted by Crippen LogP contribution is 2.34. The van der Waals surface area contributed by atoms with Gasteiger partial charge in [-0.05, 0) is 43.5 Å². The molecule has 6 heteroatoms. The number of nitrogens with zero attached hydrogens (tertiary/aromatic N) is 1. The molecule has 23 heavy (non-hydrogen) atoms. The number of hydrogen-bond acceptors (Lipinski definition) is 4. The van der Waals surface area contributed by atoms with Gasteiger partial charge in [-0.1, -0.05) is 0 Å². The highest BCUT2D eigenvalue weighted by molar-refractivity contribution is 5.80. The van der Waals surface area contributed by atoms with E-state index in [1.807, 2.05) is 24.3 Å². The Kier molecular flexibility index (Phi) is 5.23. The van der Waals surface area contributed by atoms with Crippen molar-refractivity contribution in [3.05, 3.63) is 24.3 Å². The minimum Gasteiger partial charge on any atom is -0.497 e. The minimum absolute atomic E-state index is 0.342. The molecule has 6 nitrogen and oxygen atoms in total. The summed E-state index contributed by atoms with van der Waals surface area (Å²) in [5.41, 5.74) is 0. The van der Waals surface area contributed by atoms with Crippen molar-refractivity contribution in [2.24, 2.45) is 4.99 Å². The number of rotatable bonds is 6. The average Bonchev–Trinajstić information content (AvgIpc) is 3.21. The van der Waals surface area contributed by atoms with Crippen LogP contribution in [0.3, 0.4) is 0 Å². The van der Waals surface area contributed by atoms with Crippen LogP contribution in [0.5, 0.6) is 11.5 Å². The molecule has 0 amide bonds. The topological polar surface area (TPSA) is 64.1 Å². The summed E-state index contributed by atoms with van der Waals surface area (Å²) in [4.78, 5) is 4.27. The van der Waals surface area contributed by atoms with E-state index in [0.29, 0.717) is 31.4 Å². The SMILES string of the molecule is CN=C(NCCOc1ccc(OC)cc1)NC1CC2CCC1O2. The van der Waals surface area contributed by atoms with Gasteiger partial charge < -0.3 is 24.8 Å². The maximum absolute atomic E-state index is 5.85. The normalized spacial score (nSPS) is 26.2. The molecule has 2 aliphatic rings. The summed E-state index contributed by atoms with van der Waals surface area (Å²) in [6.07, 6.45) is 4.21. The van der Waals surface area contributed by atoms with Gasteiger partial charge >= 0.3 is 0 Å². The van der Waals surface area contributed by atoms with Crippen LogP contribution >= 0.6 is 0 Å². The number of fused-ring (bicyclic) bond motifs is 2. The van der Waals surface area contributed by atoms with Crippen LogP contribution in [-0.2, 0) is 4.74 Å². The lowest BCUT2D eigenvalue weighted by molar-refractivity contribution is 0.0992. The Balaban J connectivity index is 1.37. The maximum Gasteiger partial charge on any atom is 0.191 e. The van der Waals surface area contributed by atoms with E-state index < -0.39 is 0 Å². The Labute approximate surface area is 137 Å². The molecule has 2 heterocycles. The standard InChI is InChI=1S/C17H25N3O3/c1-18-17(20-15-11-14-7-8-16(15)23-14)19-9-10-22-13-5-3-12(21-2)4-6-13/h3-6,14-16H,7-11H2,1-2H3,(H2,18,19,20). The first-order chi connectivity index (χ1) is 11.3. The fraction of sp³-hybridized carbons (Fsp3) is 0.588. The number of methoxy groups -OCH3 is 1. The number of guanidine groups is 1. The van der Waals surface area contributed by atoms with Gasteiger partial charge in [-0.25, -0.2) is 0 Å². The lowest BCUT2D eigenvalue weighted by atomic mass is 9.96. The number of aliphatic imine (C=N–C) groups is 1. The summed E-state index contributed by atoms with van der Waals surface area (Å²) < 4.78 is 16.7. The van der Waals surface area contributed by atoms with Crippen molar-refractivity contribution in [1.82, 2.24) is 10.6 Å². The largest absolute Gasteiger partial charge is 0.497 e. The zero-order valence-corrected chi connectivity index (χ0v) is 13.7. The van der Waals surface area contributed by atoms with Gasteiger partial charge in [-0.15, -0.1) is 0 Å². The fourth-order valence-electron chi connectivity index (χ4n) is 3.17. The van der Waals surface area contributed by atoms with E-state index in [0.717, 1.165) is 30.3 Å². The van der Waals surface area contributed by atoms with E-state index in [1.54, 1.807) is 14.2 Å². The third-order valence-corrected chi connectivity index (χ3v) is 4.37. The predicted octanol–water partition coefficient (Wildman–Crippen LogP) is 1.56. The van der Waals surface area contributed by atoms with E-state index in [9.17, 15) is 0 Å². The van der Waals surface area contributed by atoms with Crippen molar-refractivity contribution in [1.29, 1.82) is 0 Å². The molecular formula is C17H25N3O3. The first-order valence-electron chi connectivity index (χ1n) is 8.18.